The lowest BCUT2D eigenvalue weighted by Gasteiger charge is -2.26. The second-order valence-corrected chi connectivity index (χ2v) is 7.10. The van der Waals surface area contributed by atoms with E-state index in [-0.39, 0.29) is 11.4 Å². The molecule has 0 aromatic carbocycles. The van der Waals surface area contributed by atoms with Gasteiger partial charge in [0.05, 0.1) is 4.90 Å². The van der Waals surface area contributed by atoms with Gasteiger partial charge in [-0.2, -0.15) is 17.5 Å². The SMILES string of the molecule is CC(C)N(CC(F)(F)F)S(=O)(=O)c1csc(CN)c1. The van der Waals surface area contributed by atoms with Crippen molar-refractivity contribution in [1.29, 1.82) is 0 Å². The molecule has 1 aromatic rings. The summed E-state index contributed by atoms with van der Waals surface area (Å²) in [6, 6.07) is 0.527. The minimum absolute atomic E-state index is 0.143. The number of nitrogens with two attached hydrogens (primary N) is 1. The Labute approximate surface area is 114 Å². The molecule has 0 aliphatic heterocycles. The molecule has 0 bridgehead atoms. The van der Waals surface area contributed by atoms with Gasteiger partial charge in [-0.25, -0.2) is 8.42 Å². The molecule has 0 aliphatic carbocycles. The first-order valence-corrected chi connectivity index (χ1v) is 7.76. The van der Waals surface area contributed by atoms with Gasteiger partial charge in [0, 0.05) is 22.8 Å². The van der Waals surface area contributed by atoms with E-state index in [0.29, 0.717) is 9.18 Å². The molecule has 1 aromatic heterocycles. The summed E-state index contributed by atoms with van der Waals surface area (Å²) in [6.07, 6.45) is -4.58. The van der Waals surface area contributed by atoms with Crippen LogP contribution in [-0.4, -0.2) is 31.5 Å². The molecule has 0 spiro atoms. The Morgan fingerprint density at radius 1 is 1.42 bits per heavy atom. The summed E-state index contributed by atoms with van der Waals surface area (Å²) < 4.78 is 62.2. The first kappa shape index (κ1) is 16.4. The zero-order valence-electron chi connectivity index (χ0n) is 10.4. The highest BCUT2D eigenvalue weighted by molar-refractivity contribution is 7.89. The van der Waals surface area contributed by atoms with Crippen molar-refractivity contribution in [3.05, 3.63) is 16.3 Å². The van der Waals surface area contributed by atoms with Gasteiger partial charge in [-0.05, 0) is 19.9 Å². The lowest BCUT2D eigenvalue weighted by molar-refractivity contribution is -0.138. The van der Waals surface area contributed by atoms with E-state index in [2.05, 4.69) is 0 Å². The standard InChI is InChI=1S/C10H15F3N2O2S2/c1-7(2)15(6-10(11,12)13)19(16,17)9-3-8(4-14)18-5-9/h3,5,7H,4,6,14H2,1-2H3. The highest BCUT2D eigenvalue weighted by Crippen LogP contribution is 2.27. The van der Waals surface area contributed by atoms with Crippen molar-refractivity contribution in [2.24, 2.45) is 5.73 Å². The van der Waals surface area contributed by atoms with Crippen molar-refractivity contribution in [3.63, 3.8) is 0 Å². The molecule has 0 atom stereocenters. The number of hydrogen-bond acceptors (Lipinski definition) is 4. The molecular weight excluding hydrogens is 301 g/mol. The predicted octanol–water partition coefficient (Wildman–Crippen LogP) is 2.17. The fraction of sp³-hybridized carbons (Fsp3) is 0.600. The minimum atomic E-state index is -4.58. The Hall–Kier alpha value is -0.640. The zero-order valence-corrected chi connectivity index (χ0v) is 12.1. The maximum Gasteiger partial charge on any atom is 0.402 e. The summed E-state index contributed by atoms with van der Waals surface area (Å²) in [5, 5.41) is 1.31. The minimum Gasteiger partial charge on any atom is -0.326 e. The Morgan fingerprint density at radius 3 is 2.37 bits per heavy atom. The van der Waals surface area contributed by atoms with Crippen molar-refractivity contribution >= 4 is 21.4 Å². The number of rotatable bonds is 5. The molecule has 110 valence electrons. The van der Waals surface area contributed by atoms with Gasteiger partial charge in [0.1, 0.15) is 6.54 Å². The van der Waals surface area contributed by atoms with Crippen molar-refractivity contribution in [2.75, 3.05) is 6.54 Å². The average molecular weight is 316 g/mol. The smallest absolute Gasteiger partial charge is 0.326 e. The third-order valence-corrected chi connectivity index (χ3v) is 5.46. The van der Waals surface area contributed by atoms with Gasteiger partial charge < -0.3 is 5.73 Å². The molecule has 0 saturated carbocycles. The fourth-order valence-corrected chi connectivity index (χ4v) is 4.23. The van der Waals surface area contributed by atoms with Crippen molar-refractivity contribution < 1.29 is 21.6 Å². The van der Waals surface area contributed by atoms with E-state index in [1.54, 1.807) is 0 Å². The Morgan fingerprint density at radius 2 is 2.00 bits per heavy atom. The third-order valence-electron chi connectivity index (χ3n) is 2.35. The molecule has 2 N–H and O–H groups in total. The number of halogens is 3. The molecule has 9 heteroatoms. The third kappa shape index (κ3) is 4.16. The van der Waals surface area contributed by atoms with E-state index < -0.39 is 28.8 Å². The van der Waals surface area contributed by atoms with Crippen LogP contribution in [0, 0.1) is 0 Å². The Kier molecular flexibility index (Phi) is 4.99. The maximum absolute atomic E-state index is 12.5. The lowest BCUT2D eigenvalue weighted by Crippen LogP contribution is -2.43. The quantitative estimate of drug-likeness (QED) is 0.905. The van der Waals surface area contributed by atoms with Gasteiger partial charge in [0.15, 0.2) is 0 Å². The average Bonchev–Trinajstić information content (AvgIpc) is 2.73. The van der Waals surface area contributed by atoms with Crippen LogP contribution in [0.2, 0.25) is 0 Å². The van der Waals surface area contributed by atoms with Crippen LogP contribution in [0.1, 0.15) is 18.7 Å². The molecular formula is C10H15F3N2O2S2. The lowest BCUT2D eigenvalue weighted by atomic mass is 10.4. The van der Waals surface area contributed by atoms with Crippen LogP contribution in [0.15, 0.2) is 16.3 Å². The van der Waals surface area contributed by atoms with E-state index in [9.17, 15) is 21.6 Å². The molecule has 0 fully saturated rings. The van der Waals surface area contributed by atoms with Gasteiger partial charge in [-0.3, -0.25) is 0 Å². The summed E-state index contributed by atoms with van der Waals surface area (Å²) in [5.41, 5.74) is 5.37. The molecule has 1 rings (SSSR count). The largest absolute Gasteiger partial charge is 0.402 e. The van der Waals surface area contributed by atoms with Gasteiger partial charge in [0.2, 0.25) is 10.0 Å². The van der Waals surface area contributed by atoms with Crippen molar-refractivity contribution in [3.8, 4) is 0 Å². The number of nitrogens with zero attached hydrogens (tertiary/aromatic N) is 1. The van der Waals surface area contributed by atoms with Gasteiger partial charge in [0.25, 0.3) is 0 Å². The number of thiophene rings is 1. The molecule has 1 heterocycles. The normalized spacial score (nSPS) is 13.5. The molecule has 0 radical (unpaired) electrons. The van der Waals surface area contributed by atoms with Gasteiger partial charge in [-0.15, -0.1) is 11.3 Å². The highest BCUT2D eigenvalue weighted by atomic mass is 32.2. The van der Waals surface area contributed by atoms with E-state index in [1.165, 1.54) is 25.3 Å². The number of sulfonamides is 1. The monoisotopic (exact) mass is 316 g/mol. The van der Waals surface area contributed by atoms with Crippen LogP contribution >= 0.6 is 11.3 Å². The van der Waals surface area contributed by atoms with Crippen LogP contribution in [0.3, 0.4) is 0 Å². The van der Waals surface area contributed by atoms with Crippen molar-refractivity contribution in [2.45, 2.75) is 37.5 Å². The van der Waals surface area contributed by atoms with Crippen LogP contribution in [0.4, 0.5) is 13.2 Å². The first-order valence-electron chi connectivity index (χ1n) is 5.44. The Bertz CT molecular complexity index is 523. The molecule has 0 amide bonds. The van der Waals surface area contributed by atoms with Crippen LogP contribution in [0.25, 0.3) is 0 Å². The molecule has 4 nitrogen and oxygen atoms in total. The number of hydrogen-bond donors (Lipinski definition) is 1. The van der Waals surface area contributed by atoms with Crippen LogP contribution in [0.5, 0.6) is 0 Å². The summed E-state index contributed by atoms with van der Waals surface area (Å²) in [7, 11) is -4.15. The topological polar surface area (TPSA) is 63.4 Å². The molecule has 0 unspecified atom stereocenters. The summed E-state index contributed by atoms with van der Waals surface area (Å²) >= 11 is 1.11. The second kappa shape index (κ2) is 5.78. The van der Waals surface area contributed by atoms with Gasteiger partial charge in [-0.1, -0.05) is 0 Å². The predicted molar refractivity (Wildman–Crippen MR) is 67.3 cm³/mol. The van der Waals surface area contributed by atoms with Crippen LogP contribution in [-0.2, 0) is 16.6 Å². The Balaban J connectivity index is 3.13. The van der Waals surface area contributed by atoms with E-state index in [1.807, 2.05) is 0 Å². The second-order valence-electron chi connectivity index (χ2n) is 4.21. The van der Waals surface area contributed by atoms with E-state index >= 15 is 0 Å². The molecule has 19 heavy (non-hydrogen) atoms. The summed E-state index contributed by atoms with van der Waals surface area (Å²) in [6.45, 7) is 1.46. The number of alkyl halides is 3. The van der Waals surface area contributed by atoms with E-state index in [0.717, 1.165) is 11.3 Å². The molecule has 0 aliphatic rings. The van der Waals surface area contributed by atoms with Crippen LogP contribution < -0.4 is 5.73 Å². The first-order chi connectivity index (χ1) is 8.58. The summed E-state index contributed by atoms with van der Waals surface area (Å²) in [4.78, 5) is 0.463. The van der Waals surface area contributed by atoms with E-state index in [4.69, 9.17) is 5.73 Å². The zero-order chi connectivity index (χ0) is 14.8. The highest BCUT2D eigenvalue weighted by Gasteiger charge is 2.38. The van der Waals surface area contributed by atoms with Gasteiger partial charge >= 0.3 is 6.18 Å². The van der Waals surface area contributed by atoms with Crippen molar-refractivity contribution in [1.82, 2.24) is 4.31 Å². The fourth-order valence-electron chi connectivity index (χ4n) is 1.46. The molecule has 0 saturated heterocycles. The summed E-state index contributed by atoms with van der Waals surface area (Å²) in [5.74, 6) is 0. The maximum atomic E-state index is 12.5.